The molecule has 0 spiro atoms. The maximum absolute atomic E-state index is 11.8. The predicted octanol–water partition coefficient (Wildman–Crippen LogP) is 0.735. The molecule has 1 unspecified atom stereocenters. The lowest BCUT2D eigenvalue weighted by molar-refractivity contribution is -0.144. The number of carbonyl (C=O) groups excluding carboxylic acids is 2. The van der Waals surface area contributed by atoms with Crippen molar-refractivity contribution in [2.75, 3.05) is 18.4 Å². The lowest BCUT2D eigenvalue weighted by Gasteiger charge is -2.30. The maximum Gasteiger partial charge on any atom is 0.315 e. The van der Waals surface area contributed by atoms with Gasteiger partial charge in [0.05, 0.1) is 0 Å². The van der Waals surface area contributed by atoms with E-state index in [-0.39, 0.29) is 0 Å². The van der Waals surface area contributed by atoms with E-state index in [4.69, 9.17) is 0 Å². The minimum atomic E-state index is -0.629. The van der Waals surface area contributed by atoms with E-state index >= 15 is 0 Å². The first kappa shape index (κ1) is 12.0. The summed E-state index contributed by atoms with van der Waals surface area (Å²) in [4.78, 5) is 25.1. The number of hydrogen-bond donors (Lipinski definition) is 1. The molecule has 92 valence electrons. The lowest BCUT2D eigenvalue weighted by atomic mass is 10.0. The van der Waals surface area contributed by atoms with Crippen molar-refractivity contribution in [2.24, 2.45) is 5.92 Å². The van der Waals surface area contributed by atoms with Crippen LogP contribution in [0.4, 0.5) is 5.13 Å². The van der Waals surface area contributed by atoms with Gasteiger partial charge in [-0.3, -0.25) is 14.9 Å². The minimum absolute atomic E-state index is 0.355. The molecule has 2 amide bonds. The second-order valence-corrected chi connectivity index (χ2v) is 5.03. The van der Waals surface area contributed by atoms with Crippen molar-refractivity contribution in [3.05, 3.63) is 5.51 Å². The molecular formula is C10H14N4O2S. The number of piperidine rings is 1. The molecule has 1 saturated heterocycles. The molecule has 0 saturated carbocycles. The molecule has 0 aromatic carbocycles. The van der Waals surface area contributed by atoms with Gasteiger partial charge in [0.2, 0.25) is 5.13 Å². The summed E-state index contributed by atoms with van der Waals surface area (Å²) in [6, 6.07) is 0. The quantitative estimate of drug-likeness (QED) is 0.750. The third kappa shape index (κ3) is 3.00. The smallest absolute Gasteiger partial charge is 0.315 e. The van der Waals surface area contributed by atoms with Crippen LogP contribution in [0.3, 0.4) is 0 Å². The van der Waals surface area contributed by atoms with E-state index in [1.165, 1.54) is 16.8 Å². The fourth-order valence-electron chi connectivity index (χ4n) is 1.90. The summed E-state index contributed by atoms with van der Waals surface area (Å²) in [6.45, 7) is 3.40. The van der Waals surface area contributed by atoms with Gasteiger partial charge in [0.25, 0.3) is 0 Å². The van der Waals surface area contributed by atoms with Gasteiger partial charge in [-0.05, 0) is 18.8 Å². The van der Waals surface area contributed by atoms with E-state index in [9.17, 15) is 9.59 Å². The molecule has 0 radical (unpaired) electrons. The molecule has 2 rings (SSSR count). The SMILES string of the molecule is CC1CCCN(C(=O)C(=O)Nc2nncs2)C1. The molecule has 0 bridgehead atoms. The zero-order valence-electron chi connectivity index (χ0n) is 9.55. The molecule has 1 atom stereocenters. The normalized spacial score (nSPS) is 20.1. The number of rotatable bonds is 1. The molecule has 2 heterocycles. The van der Waals surface area contributed by atoms with Crippen LogP contribution in [-0.4, -0.2) is 40.0 Å². The van der Waals surface area contributed by atoms with Gasteiger partial charge in [-0.1, -0.05) is 18.3 Å². The number of carbonyl (C=O) groups is 2. The zero-order chi connectivity index (χ0) is 12.3. The third-order valence-electron chi connectivity index (χ3n) is 2.72. The van der Waals surface area contributed by atoms with Crippen LogP contribution >= 0.6 is 11.3 Å². The highest BCUT2D eigenvalue weighted by Crippen LogP contribution is 2.16. The number of nitrogens with zero attached hydrogens (tertiary/aromatic N) is 3. The Hall–Kier alpha value is -1.50. The summed E-state index contributed by atoms with van der Waals surface area (Å²) in [5, 5.41) is 10.1. The number of amides is 2. The molecule has 1 aliphatic rings. The van der Waals surface area contributed by atoms with Gasteiger partial charge in [0, 0.05) is 13.1 Å². The lowest BCUT2D eigenvalue weighted by Crippen LogP contribution is -2.44. The largest absolute Gasteiger partial charge is 0.334 e. The molecule has 1 N–H and O–H groups in total. The molecule has 17 heavy (non-hydrogen) atoms. The molecule has 6 nitrogen and oxygen atoms in total. The highest BCUT2D eigenvalue weighted by Gasteiger charge is 2.26. The minimum Gasteiger partial charge on any atom is -0.334 e. The first-order valence-electron chi connectivity index (χ1n) is 5.53. The fraction of sp³-hybridized carbons (Fsp3) is 0.600. The highest BCUT2D eigenvalue weighted by molar-refractivity contribution is 7.13. The van der Waals surface area contributed by atoms with Crippen LogP contribution in [0.15, 0.2) is 5.51 Å². The number of hydrogen-bond acceptors (Lipinski definition) is 5. The second-order valence-electron chi connectivity index (χ2n) is 4.20. The predicted molar refractivity (Wildman–Crippen MR) is 63.5 cm³/mol. The molecule has 1 aromatic rings. The van der Waals surface area contributed by atoms with E-state index in [1.807, 2.05) is 0 Å². The van der Waals surface area contributed by atoms with Gasteiger partial charge in [0.15, 0.2) is 0 Å². The number of anilines is 1. The van der Waals surface area contributed by atoms with Gasteiger partial charge in [-0.2, -0.15) is 0 Å². The van der Waals surface area contributed by atoms with Crippen molar-refractivity contribution in [2.45, 2.75) is 19.8 Å². The monoisotopic (exact) mass is 254 g/mol. The molecule has 1 fully saturated rings. The summed E-state index contributed by atoms with van der Waals surface area (Å²) < 4.78 is 0. The Morgan fingerprint density at radius 1 is 1.59 bits per heavy atom. The average Bonchev–Trinajstić information content (AvgIpc) is 2.80. The number of nitrogens with one attached hydrogen (secondary N) is 1. The fourth-order valence-corrected chi connectivity index (χ4v) is 2.34. The standard InChI is InChI=1S/C10H14N4O2S/c1-7-3-2-4-14(5-7)9(16)8(15)12-10-13-11-6-17-10/h6-7H,2-5H2,1H3,(H,12,13,15). The Morgan fingerprint density at radius 3 is 3.06 bits per heavy atom. The topological polar surface area (TPSA) is 75.2 Å². The van der Waals surface area contributed by atoms with E-state index in [1.54, 1.807) is 4.90 Å². The zero-order valence-corrected chi connectivity index (χ0v) is 10.4. The van der Waals surface area contributed by atoms with Crippen LogP contribution in [0.1, 0.15) is 19.8 Å². The van der Waals surface area contributed by atoms with Crippen molar-refractivity contribution in [3.8, 4) is 0 Å². The Labute approximate surface area is 103 Å². The Bertz CT molecular complexity index is 406. The summed E-state index contributed by atoms with van der Waals surface area (Å²) in [5.74, 6) is -0.648. The van der Waals surface area contributed by atoms with Crippen LogP contribution in [0, 0.1) is 5.92 Å². The van der Waals surface area contributed by atoms with Crippen molar-refractivity contribution in [3.63, 3.8) is 0 Å². The number of likely N-dealkylation sites (tertiary alicyclic amines) is 1. The first-order chi connectivity index (χ1) is 8.16. The average molecular weight is 254 g/mol. The molecule has 7 heteroatoms. The Kier molecular flexibility index (Phi) is 3.68. The van der Waals surface area contributed by atoms with Crippen molar-refractivity contribution in [1.29, 1.82) is 0 Å². The molecule has 1 aromatic heterocycles. The third-order valence-corrected chi connectivity index (χ3v) is 3.33. The van der Waals surface area contributed by atoms with E-state index in [2.05, 4.69) is 22.4 Å². The van der Waals surface area contributed by atoms with Crippen LogP contribution in [0.5, 0.6) is 0 Å². The summed E-state index contributed by atoms with van der Waals surface area (Å²) in [7, 11) is 0. The Balaban J connectivity index is 1.92. The van der Waals surface area contributed by atoms with Gasteiger partial charge >= 0.3 is 11.8 Å². The van der Waals surface area contributed by atoms with Crippen molar-refractivity contribution < 1.29 is 9.59 Å². The summed E-state index contributed by atoms with van der Waals surface area (Å²) in [6.07, 6.45) is 2.07. The van der Waals surface area contributed by atoms with Gasteiger partial charge in [-0.25, -0.2) is 0 Å². The highest BCUT2D eigenvalue weighted by atomic mass is 32.1. The van der Waals surface area contributed by atoms with Crippen LogP contribution < -0.4 is 5.32 Å². The molecule has 0 aliphatic carbocycles. The maximum atomic E-state index is 11.8. The first-order valence-corrected chi connectivity index (χ1v) is 6.41. The molecular weight excluding hydrogens is 240 g/mol. The molecule has 1 aliphatic heterocycles. The van der Waals surface area contributed by atoms with Crippen molar-refractivity contribution in [1.82, 2.24) is 15.1 Å². The van der Waals surface area contributed by atoms with Gasteiger partial charge in [0.1, 0.15) is 5.51 Å². The van der Waals surface area contributed by atoms with Gasteiger partial charge in [-0.15, -0.1) is 10.2 Å². The van der Waals surface area contributed by atoms with Crippen LogP contribution in [0.2, 0.25) is 0 Å². The van der Waals surface area contributed by atoms with Crippen LogP contribution in [-0.2, 0) is 9.59 Å². The van der Waals surface area contributed by atoms with Crippen LogP contribution in [0.25, 0.3) is 0 Å². The van der Waals surface area contributed by atoms with Gasteiger partial charge < -0.3 is 4.90 Å². The summed E-state index contributed by atoms with van der Waals surface area (Å²) >= 11 is 1.19. The van der Waals surface area contributed by atoms with E-state index in [0.717, 1.165) is 12.8 Å². The van der Waals surface area contributed by atoms with Crippen molar-refractivity contribution >= 4 is 28.3 Å². The second kappa shape index (κ2) is 5.22. The summed E-state index contributed by atoms with van der Waals surface area (Å²) in [5.41, 5.74) is 1.50. The number of aromatic nitrogens is 2. The Morgan fingerprint density at radius 2 is 2.41 bits per heavy atom. The van der Waals surface area contributed by atoms with E-state index in [0.29, 0.717) is 24.1 Å². The van der Waals surface area contributed by atoms with E-state index < -0.39 is 11.8 Å².